The number of benzene rings is 3. The van der Waals surface area contributed by atoms with E-state index in [2.05, 4.69) is 29.4 Å². The molecule has 57 heavy (non-hydrogen) atoms. The summed E-state index contributed by atoms with van der Waals surface area (Å²) in [7, 11) is 3.36. The van der Waals surface area contributed by atoms with Crippen LogP contribution in [0, 0.1) is 0 Å². The van der Waals surface area contributed by atoms with Crippen LogP contribution in [0.4, 0.5) is 10.7 Å². The number of anilines is 2. The van der Waals surface area contributed by atoms with Crippen molar-refractivity contribution in [1.29, 1.82) is 0 Å². The van der Waals surface area contributed by atoms with Gasteiger partial charge in [0.1, 0.15) is 11.6 Å². The summed E-state index contributed by atoms with van der Waals surface area (Å²) >= 11 is 1.49. The molecule has 0 radical (unpaired) electrons. The summed E-state index contributed by atoms with van der Waals surface area (Å²) in [5.41, 5.74) is 6.12. The number of carbonyl (C=O) groups is 4. The number of likely N-dealkylation sites (N-methyl/N-ethyl adjacent to an activating group) is 1. The topological polar surface area (TPSA) is 138 Å². The van der Waals surface area contributed by atoms with Crippen molar-refractivity contribution in [2.24, 2.45) is 0 Å². The molecule has 0 atom stereocenters. The second-order valence-corrected chi connectivity index (χ2v) is 15.3. The van der Waals surface area contributed by atoms with Crippen LogP contribution in [0.5, 0.6) is 0 Å². The van der Waals surface area contributed by atoms with Crippen LogP contribution >= 0.6 is 11.3 Å². The van der Waals surface area contributed by atoms with Gasteiger partial charge in [0.05, 0.1) is 24.3 Å². The van der Waals surface area contributed by atoms with Crippen LogP contribution in [0.15, 0.2) is 72.8 Å². The minimum Gasteiger partial charge on any atom is -0.478 e. The lowest BCUT2D eigenvalue weighted by Crippen LogP contribution is -2.40. The number of carboxylic acids is 1. The molecule has 1 aromatic heterocycles. The van der Waals surface area contributed by atoms with Gasteiger partial charge in [0.15, 0.2) is 0 Å². The second-order valence-electron chi connectivity index (χ2n) is 14.1. The molecule has 0 saturated heterocycles. The van der Waals surface area contributed by atoms with Crippen LogP contribution in [0.3, 0.4) is 0 Å². The van der Waals surface area contributed by atoms with Crippen LogP contribution in [-0.2, 0) is 46.5 Å². The number of nitrogens with zero attached hydrogens (tertiary/aromatic N) is 2. The fourth-order valence-electron chi connectivity index (χ4n) is 6.50. The van der Waals surface area contributed by atoms with E-state index in [1.54, 1.807) is 37.3 Å². The summed E-state index contributed by atoms with van der Waals surface area (Å²) in [6, 6.07) is 22.4. The molecule has 0 saturated carbocycles. The number of fused-ring (bicyclic) bond motifs is 1. The average Bonchev–Trinajstić information content (AvgIpc) is 3.59. The second kappa shape index (κ2) is 22.8. The maximum atomic E-state index is 13.9. The molecule has 0 unspecified atom stereocenters. The van der Waals surface area contributed by atoms with Crippen molar-refractivity contribution in [1.82, 2.24) is 9.80 Å². The van der Waals surface area contributed by atoms with E-state index in [-0.39, 0.29) is 35.9 Å². The molecule has 0 aliphatic heterocycles. The van der Waals surface area contributed by atoms with E-state index >= 15 is 0 Å². The quantitative estimate of drug-likeness (QED) is 0.0813. The minimum atomic E-state index is -0.940. The zero-order valence-corrected chi connectivity index (χ0v) is 35.0. The molecule has 1 aliphatic carbocycles. The van der Waals surface area contributed by atoms with Crippen LogP contribution < -0.4 is 10.6 Å². The Bertz CT molecular complexity index is 1920. The third kappa shape index (κ3) is 13.3. The molecule has 306 valence electrons. The summed E-state index contributed by atoms with van der Waals surface area (Å²) in [4.78, 5) is 56.4. The summed E-state index contributed by atoms with van der Waals surface area (Å²) in [6.07, 6.45) is 5.25. The molecular formula is C45H58N4O7S. The molecule has 12 heteroatoms. The fraction of sp³-hybridized carbons (Fsp3) is 0.422. The first kappa shape index (κ1) is 44.8. The van der Waals surface area contributed by atoms with E-state index in [1.165, 1.54) is 11.3 Å². The van der Waals surface area contributed by atoms with Gasteiger partial charge in [-0.15, -0.1) is 11.3 Å². The van der Waals surface area contributed by atoms with Crippen LogP contribution in [-0.4, -0.2) is 91.7 Å². The number of ether oxygens (including phenoxy) is 2. The number of hydrogen-bond acceptors (Lipinski definition) is 8. The van der Waals surface area contributed by atoms with Crippen molar-refractivity contribution >= 4 is 45.7 Å². The zero-order chi connectivity index (χ0) is 41.3. The number of aryl methyl sites for hydroxylation is 3. The zero-order valence-electron chi connectivity index (χ0n) is 34.2. The number of aromatic carboxylic acids is 1. The van der Waals surface area contributed by atoms with Crippen LogP contribution in [0.25, 0.3) is 0 Å². The molecule has 4 aromatic rings. The number of carbonyl (C=O) groups excluding carboxylic acids is 3. The first-order valence-electron chi connectivity index (χ1n) is 19.8. The van der Waals surface area contributed by atoms with Crippen LogP contribution in [0.2, 0.25) is 0 Å². The van der Waals surface area contributed by atoms with Gasteiger partial charge in [0.2, 0.25) is 5.91 Å². The Balaban J connectivity index is 0.00000354. The van der Waals surface area contributed by atoms with Gasteiger partial charge in [0, 0.05) is 56.0 Å². The highest BCUT2D eigenvalue weighted by molar-refractivity contribution is 7.17. The number of carboxylic acid groups (broad SMARTS) is 1. The molecule has 1 aliphatic rings. The summed E-state index contributed by atoms with van der Waals surface area (Å²) in [6.45, 7) is 10.8. The van der Waals surface area contributed by atoms with E-state index in [0.717, 1.165) is 65.7 Å². The van der Waals surface area contributed by atoms with E-state index in [0.29, 0.717) is 54.7 Å². The summed E-state index contributed by atoms with van der Waals surface area (Å²) in [5, 5.41) is 15.9. The minimum absolute atomic E-state index is 0.0133. The smallest absolute Gasteiger partial charge is 0.335 e. The predicted octanol–water partition coefficient (Wildman–Crippen LogP) is 7.97. The Morgan fingerprint density at radius 1 is 0.807 bits per heavy atom. The largest absolute Gasteiger partial charge is 0.478 e. The average molecular weight is 799 g/mol. The van der Waals surface area contributed by atoms with Crippen molar-refractivity contribution in [3.8, 4) is 0 Å². The van der Waals surface area contributed by atoms with Gasteiger partial charge in [-0.2, -0.15) is 0 Å². The Morgan fingerprint density at radius 2 is 1.47 bits per heavy atom. The fourth-order valence-corrected chi connectivity index (χ4v) is 7.78. The molecule has 3 N–H and O–H groups in total. The maximum Gasteiger partial charge on any atom is 0.335 e. The summed E-state index contributed by atoms with van der Waals surface area (Å²) in [5.74, 6) is -1.54. The molecule has 1 heterocycles. The monoisotopic (exact) mass is 798 g/mol. The van der Waals surface area contributed by atoms with E-state index in [1.807, 2.05) is 68.4 Å². The standard InChI is InChI=1S/C43H52N4O7S.C2H6/c1-29(2)47(23-22-46(3)38(48)28-54-25-24-53-4)27-32-8-7-9-34(26-32)40(49)45-42-39(36-10-5-6-11-37(36)55-42)41(50)44-35-20-16-31(17-21-35)13-12-30-14-18-33(19-15-30)43(51)52;1-2/h7-9,14-21,26,29H,5-6,10-13,22-25,27-28H2,1-4H3,(H,44,50)(H,45,49)(H,51,52);1-2H3. The number of methoxy groups -OCH3 is 1. The molecule has 11 nitrogen and oxygen atoms in total. The van der Waals surface area contributed by atoms with E-state index in [9.17, 15) is 19.2 Å². The van der Waals surface area contributed by atoms with Crippen molar-refractivity contribution in [2.45, 2.75) is 78.8 Å². The third-order valence-corrected chi connectivity index (χ3v) is 11.1. The Labute approximate surface area is 341 Å². The molecule has 0 fully saturated rings. The number of thiophene rings is 1. The van der Waals surface area contributed by atoms with Gasteiger partial charge in [-0.25, -0.2) is 4.79 Å². The SMILES string of the molecule is CC.COCCOCC(=O)N(C)CCN(Cc1cccc(C(=O)Nc2sc3c(c2C(=O)Nc2ccc(CCc4ccc(C(=O)O)cc4)cc2)CCCC3)c1)C(C)C. The molecule has 3 amide bonds. The highest BCUT2D eigenvalue weighted by Gasteiger charge is 2.27. The number of rotatable bonds is 19. The predicted molar refractivity (Wildman–Crippen MR) is 228 cm³/mol. The van der Waals surface area contributed by atoms with Crippen molar-refractivity contribution in [3.05, 3.63) is 117 Å². The Morgan fingerprint density at radius 3 is 2.12 bits per heavy atom. The van der Waals surface area contributed by atoms with Gasteiger partial charge in [-0.3, -0.25) is 19.3 Å². The highest BCUT2D eigenvalue weighted by Crippen LogP contribution is 2.39. The van der Waals surface area contributed by atoms with Gasteiger partial charge in [0.25, 0.3) is 11.8 Å². The number of amides is 3. The number of hydrogen-bond donors (Lipinski definition) is 3. The first-order chi connectivity index (χ1) is 27.5. The third-order valence-electron chi connectivity index (χ3n) is 9.85. The van der Waals surface area contributed by atoms with E-state index < -0.39 is 5.97 Å². The summed E-state index contributed by atoms with van der Waals surface area (Å²) < 4.78 is 10.4. The molecule has 0 bridgehead atoms. The molecule has 3 aromatic carbocycles. The molecular weight excluding hydrogens is 741 g/mol. The normalized spacial score (nSPS) is 12.1. The van der Waals surface area contributed by atoms with Gasteiger partial charge < -0.3 is 30.1 Å². The molecule has 5 rings (SSSR count). The molecule has 0 spiro atoms. The maximum absolute atomic E-state index is 13.9. The van der Waals surface area contributed by atoms with Gasteiger partial charge in [-0.1, -0.05) is 50.2 Å². The van der Waals surface area contributed by atoms with Crippen LogP contribution in [0.1, 0.15) is 98.7 Å². The highest BCUT2D eigenvalue weighted by atomic mass is 32.1. The lowest BCUT2D eigenvalue weighted by molar-refractivity contribution is -0.135. The Hall–Kier alpha value is -4.88. The van der Waals surface area contributed by atoms with Gasteiger partial charge in [-0.05, 0) is 111 Å². The van der Waals surface area contributed by atoms with E-state index in [4.69, 9.17) is 14.6 Å². The van der Waals surface area contributed by atoms with Crippen molar-refractivity contribution in [3.63, 3.8) is 0 Å². The van der Waals surface area contributed by atoms with Crippen molar-refractivity contribution < 1.29 is 33.8 Å². The first-order valence-corrected chi connectivity index (χ1v) is 20.7. The van der Waals surface area contributed by atoms with Crippen molar-refractivity contribution in [2.75, 3.05) is 57.7 Å². The number of nitrogens with one attached hydrogen (secondary N) is 2. The lowest BCUT2D eigenvalue weighted by atomic mass is 9.95. The Kier molecular flexibility index (Phi) is 17.9. The lowest BCUT2D eigenvalue weighted by Gasteiger charge is -2.29. The van der Waals surface area contributed by atoms with Gasteiger partial charge >= 0.3 is 5.97 Å².